The van der Waals surface area contributed by atoms with E-state index in [-0.39, 0.29) is 11.7 Å². The molecule has 154 valence electrons. The number of amides is 1. The average molecular weight is 405 g/mol. The van der Waals surface area contributed by atoms with E-state index in [9.17, 15) is 9.90 Å². The Morgan fingerprint density at radius 2 is 1.80 bits per heavy atom. The van der Waals surface area contributed by atoms with Gasteiger partial charge in [-0.25, -0.2) is 0 Å². The highest BCUT2D eigenvalue weighted by atomic mass is 16.5. The van der Waals surface area contributed by atoms with Gasteiger partial charge in [-0.05, 0) is 59.7 Å². The second-order valence-corrected chi connectivity index (χ2v) is 7.02. The highest BCUT2D eigenvalue weighted by Crippen LogP contribution is 2.39. The van der Waals surface area contributed by atoms with Crippen LogP contribution in [0.15, 0.2) is 60.7 Å². The molecule has 0 unspecified atom stereocenters. The van der Waals surface area contributed by atoms with E-state index < -0.39 is 0 Å². The molecule has 1 aliphatic rings. The van der Waals surface area contributed by atoms with Crippen LogP contribution in [-0.4, -0.2) is 43.3 Å². The molecule has 30 heavy (non-hydrogen) atoms. The Balaban J connectivity index is 1.70. The fourth-order valence-electron chi connectivity index (χ4n) is 3.56. The Morgan fingerprint density at radius 3 is 2.53 bits per heavy atom. The van der Waals surface area contributed by atoms with Crippen molar-refractivity contribution in [3.63, 3.8) is 0 Å². The summed E-state index contributed by atoms with van der Waals surface area (Å²) in [4.78, 5) is 14.8. The zero-order valence-electron chi connectivity index (χ0n) is 16.9. The lowest BCUT2D eigenvalue weighted by atomic mass is 10.0. The van der Waals surface area contributed by atoms with Gasteiger partial charge in [0.25, 0.3) is 5.91 Å². The highest BCUT2D eigenvalue weighted by molar-refractivity contribution is 5.94. The van der Waals surface area contributed by atoms with Crippen molar-refractivity contribution in [2.75, 3.05) is 27.4 Å². The van der Waals surface area contributed by atoms with Crippen LogP contribution in [0.2, 0.25) is 0 Å². The van der Waals surface area contributed by atoms with Gasteiger partial charge in [-0.3, -0.25) is 4.79 Å². The average Bonchev–Trinajstić information content (AvgIpc) is 3.01. The fraction of sp³-hybridized carbons (Fsp3) is 0.208. The number of hydrogen-bond donors (Lipinski definition) is 1. The third kappa shape index (κ3) is 3.89. The van der Waals surface area contributed by atoms with E-state index in [0.717, 1.165) is 22.4 Å². The molecule has 1 aliphatic heterocycles. The summed E-state index contributed by atoms with van der Waals surface area (Å²) in [6.07, 6.45) is 0. The fourth-order valence-corrected chi connectivity index (χ4v) is 3.56. The van der Waals surface area contributed by atoms with Gasteiger partial charge in [-0.1, -0.05) is 12.1 Å². The second kappa shape index (κ2) is 8.37. The molecular weight excluding hydrogens is 382 g/mol. The monoisotopic (exact) mass is 405 g/mol. The predicted octanol–water partition coefficient (Wildman–Crippen LogP) is 4.11. The quantitative estimate of drug-likeness (QED) is 0.708. The molecule has 0 saturated heterocycles. The zero-order valence-corrected chi connectivity index (χ0v) is 16.9. The van der Waals surface area contributed by atoms with Crippen LogP contribution in [0.1, 0.15) is 15.9 Å². The third-order valence-electron chi connectivity index (χ3n) is 5.13. The van der Waals surface area contributed by atoms with Crippen LogP contribution in [0.25, 0.3) is 11.1 Å². The molecule has 0 bridgehead atoms. The number of phenols is 1. The van der Waals surface area contributed by atoms with Crippen LogP contribution < -0.4 is 14.2 Å². The molecule has 0 saturated carbocycles. The van der Waals surface area contributed by atoms with E-state index >= 15 is 0 Å². The van der Waals surface area contributed by atoms with Gasteiger partial charge in [0, 0.05) is 17.7 Å². The minimum absolute atomic E-state index is 0.114. The van der Waals surface area contributed by atoms with Crippen molar-refractivity contribution in [2.45, 2.75) is 6.54 Å². The minimum atomic E-state index is -0.114. The molecule has 0 aliphatic carbocycles. The van der Waals surface area contributed by atoms with Crippen molar-refractivity contribution >= 4 is 5.91 Å². The number of carbonyl (C=O) groups excluding carboxylic acids is 1. The summed E-state index contributed by atoms with van der Waals surface area (Å²) in [5.74, 6) is 2.07. The van der Waals surface area contributed by atoms with E-state index in [4.69, 9.17) is 14.2 Å². The van der Waals surface area contributed by atoms with E-state index in [1.165, 1.54) is 12.1 Å². The molecule has 0 atom stereocenters. The number of hydrogen-bond acceptors (Lipinski definition) is 5. The number of fused-ring (bicyclic) bond motifs is 1. The van der Waals surface area contributed by atoms with Crippen LogP contribution in [0, 0.1) is 0 Å². The first-order chi connectivity index (χ1) is 14.6. The van der Waals surface area contributed by atoms with Gasteiger partial charge in [0.2, 0.25) is 0 Å². The van der Waals surface area contributed by atoms with Gasteiger partial charge in [0.05, 0.1) is 20.8 Å². The molecule has 1 heterocycles. The first-order valence-corrected chi connectivity index (χ1v) is 9.65. The number of ether oxygens (including phenoxy) is 3. The molecule has 6 nitrogen and oxygen atoms in total. The van der Waals surface area contributed by atoms with E-state index in [1.807, 2.05) is 36.4 Å². The first kappa shape index (κ1) is 19.6. The summed E-state index contributed by atoms with van der Waals surface area (Å²) in [6.45, 7) is 1.21. The maximum absolute atomic E-state index is 13.0. The topological polar surface area (TPSA) is 68.2 Å². The lowest BCUT2D eigenvalue weighted by molar-refractivity contribution is 0.0733. The summed E-state index contributed by atoms with van der Waals surface area (Å²) in [6, 6.07) is 18.0. The molecular formula is C24H23NO5. The van der Waals surface area contributed by atoms with E-state index in [1.54, 1.807) is 31.3 Å². The summed E-state index contributed by atoms with van der Waals surface area (Å²) in [5.41, 5.74) is 3.33. The van der Waals surface area contributed by atoms with Crippen molar-refractivity contribution in [3.8, 4) is 34.1 Å². The number of rotatable bonds is 4. The highest BCUT2D eigenvalue weighted by Gasteiger charge is 2.24. The number of benzene rings is 3. The van der Waals surface area contributed by atoms with E-state index in [0.29, 0.717) is 36.8 Å². The third-order valence-corrected chi connectivity index (χ3v) is 5.13. The zero-order chi connectivity index (χ0) is 21.1. The maximum Gasteiger partial charge on any atom is 0.254 e. The first-order valence-electron chi connectivity index (χ1n) is 9.65. The number of nitrogens with zero attached hydrogens (tertiary/aromatic N) is 1. The molecule has 0 fully saturated rings. The molecule has 3 aromatic rings. The predicted molar refractivity (Wildman–Crippen MR) is 113 cm³/mol. The van der Waals surface area contributed by atoms with Gasteiger partial charge in [0.1, 0.15) is 18.1 Å². The van der Waals surface area contributed by atoms with Crippen molar-refractivity contribution in [2.24, 2.45) is 0 Å². The van der Waals surface area contributed by atoms with Gasteiger partial charge >= 0.3 is 0 Å². The Hall–Kier alpha value is -3.67. The van der Waals surface area contributed by atoms with Crippen LogP contribution in [-0.2, 0) is 6.54 Å². The van der Waals surface area contributed by atoms with Crippen LogP contribution in [0.5, 0.6) is 23.0 Å². The minimum Gasteiger partial charge on any atom is -0.508 e. The van der Waals surface area contributed by atoms with Crippen molar-refractivity contribution < 1.29 is 24.1 Å². The maximum atomic E-state index is 13.0. The molecule has 0 aromatic heterocycles. The Bertz CT molecular complexity index is 1060. The Kier molecular flexibility index (Phi) is 5.48. The molecule has 3 aromatic carbocycles. The van der Waals surface area contributed by atoms with Gasteiger partial charge in [-0.15, -0.1) is 0 Å². The summed E-state index contributed by atoms with van der Waals surface area (Å²) < 4.78 is 16.9. The molecule has 0 spiro atoms. The van der Waals surface area contributed by atoms with E-state index in [2.05, 4.69) is 0 Å². The molecule has 1 N–H and O–H groups in total. The standard InChI is InChI=1S/C24H23NO5/c1-28-21-5-3-4-17(13-21)18-12-19-15-25(10-11-30-23(19)22(14-18)29-2)24(27)16-6-8-20(26)9-7-16/h3-9,12-14,26H,10-11,15H2,1-2H3. The Labute approximate surface area is 175 Å². The number of aromatic hydroxyl groups is 1. The second-order valence-electron chi connectivity index (χ2n) is 7.02. The lowest BCUT2D eigenvalue weighted by Gasteiger charge is -2.20. The smallest absolute Gasteiger partial charge is 0.254 e. The van der Waals surface area contributed by atoms with Gasteiger partial charge in [-0.2, -0.15) is 0 Å². The molecule has 6 heteroatoms. The van der Waals surface area contributed by atoms with Gasteiger partial charge in [0.15, 0.2) is 11.5 Å². The normalized spacial score (nSPS) is 13.1. The summed E-state index contributed by atoms with van der Waals surface area (Å²) in [7, 11) is 3.25. The largest absolute Gasteiger partial charge is 0.508 e. The van der Waals surface area contributed by atoms with Crippen LogP contribution in [0.4, 0.5) is 0 Å². The van der Waals surface area contributed by atoms with Gasteiger partial charge < -0.3 is 24.2 Å². The Morgan fingerprint density at radius 1 is 1.00 bits per heavy atom. The van der Waals surface area contributed by atoms with Crippen LogP contribution >= 0.6 is 0 Å². The molecule has 1 amide bonds. The SMILES string of the molecule is COc1cccc(-c2cc3c(c(OC)c2)OCCN(C(=O)c2ccc(O)cc2)C3)c1. The lowest BCUT2D eigenvalue weighted by Crippen LogP contribution is -2.32. The number of carbonyl (C=O) groups is 1. The summed E-state index contributed by atoms with van der Waals surface area (Å²) >= 11 is 0. The number of methoxy groups -OCH3 is 2. The number of phenolic OH excluding ortho intramolecular Hbond substituents is 1. The van der Waals surface area contributed by atoms with Crippen LogP contribution in [0.3, 0.4) is 0 Å². The van der Waals surface area contributed by atoms with Crippen molar-refractivity contribution in [3.05, 3.63) is 71.8 Å². The molecule has 4 rings (SSSR count). The molecule has 0 radical (unpaired) electrons. The summed E-state index contributed by atoms with van der Waals surface area (Å²) in [5, 5.41) is 9.49. The van der Waals surface area contributed by atoms with Crippen molar-refractivity contribution in [1.29, 1.82) is 0 Å². The van der Waals surface area contributed by atoms with Crippen molar-refractivity contribution in [1.82, 2.24) is 4.90 Å².